The lowest BCUT2D eigenvalue weighted by atomic mass is 9.93. The van der Waals surface area contributed by atoms with Gasteiger partial charge in [-0.3, -0.25) is 4.79 Å². The Kier molecular flexibility index (Phi) is 5.64. The van der Waals surface area contributed by atoms with Gasteiger partial charge in [0.2, 0.25) is 5.91 Å². The molecule has 0 bridgehead atoms. The number of likely N-dealkylation sites (tertiary alicyclic amines) is 1. The van der Waals surface area contributed by atoms with Crippen LogP contribution in [0, 0.1) is 5.92 Å². The number of piperidine rings is 1. The fraction of sp³-hybridized carbons (Fsp3) is 0.350. The largest absolute Gasteiger partial charge is 0.348 e. The van der Waals surface area contributed by atoms with Gasteiger partial charge in [0.1, 0.15) is 10.8 Å². The minimum atomic E-state index is -0.204. The van der Waals surface area contributed by atoms with Crippen LogP contribution in [0.15, 0.2) is 46.6 Å². The van der Waals surface area contributed by atoms with Crippen LogP contribution >= 0.6 is 22.9 Å². The summed E-state index contributed by atoms with van der Waals surface area (Å²) in [4.78, 5) is 26.6. The van der Waals surface area contributed by atoms with E-state index in [1.54, 1.807) is 4.57 Å². The Bertz CT molecular complexity index is 1000. The molecule has 3 heterocycles. The molecule has 1 amide bonds. The van der Waals surface area contributed by atoms with Crippen LogP contribution in [-0.2, 0) is 17.6 Å². The van der Waals surface area contributed by atoms with Gasteiger partial charge in [0, 0.05) is 24.5 Å². The summed E-state index contributed by atoms with van der Waals surface area (Å²) in [6.45, 7) is 1.45. The number of hydrogen-bond donors (Lipinski definition) is 1. The molecule has 1 aliphatic heterocycles. The van der Waals surface area contributed by atoms with E-state index >= 15 is 0 Å². The van der Waals surface area contributed by atoms with Gasteiger partial charge in [0.05, 0.1) is 6.42 Å². The van der Waals surface area contributed by atoms with Crippen LogP contribution in [0.3, 0.4) is 0 Å². The molecular weight excluding hydrogens is 396 g/mol. The molecule has 1 aromatic carbocycles. The third-order valence-electron chi connectivity index (χ3n) is 5.21. The molecule has 4 rings (SSSR count). The van der Waals surface area contributed by atoms with Crippen molar-refractivity contribution in [3.05, 3.63) is 68.7 Å². The highest BCUT2D eigenvalue weighted by molar-refractivity contribution is 7.12. The number of halogens is 1. The average molecular weight is 417 g/mol. The number of thiophene rings is 1. The van der Waals surface area contributed by atoms with Crippen molar-refractivity contribution in [2.24, 2.45) is 5.92 Å². The lowest BCUT2D eigenvalue weighted by molar-refractivity contribution is -0.131. The van der Waals surface area contributed by atoms with E-state index in [4.69, 9.17) is 11.6 Å². The van der Waals surface area contributed by atoms with E-state index in [0.29, 0.717) is 17.4 Å². The van der Waals surface area contributed by atoms with Crippen molar-refractivity contribution in [2.75, 3.05) is 13.1 Å². The number of rotatable bonds is 5. The molecule has 1 saturated heterocycles. The number of benzene rings is 1. The minimum Gasteiger partial charge on any atom is -0.342 e. The fourth-order valence-electron chi connectivity index (χ4n) is 3.65. The SMILES string of the molecule is O=C(Cc1ccccc1Cl)N1CCC(Cc2n[nH]c(=O)n2-c2cccs2)CC1. The summed E-state index contributed by atoms with van der Waals surface area (Å²) in [7, 11) is 0. The zero-order valence-electron chi connectivity index (χ0n) is 15.3. The number of aromatic amines is 1. The summed E-state index contributed by atoms with van der Waals surface area (Å²) in [6.07, 6.45) is 2.87. The number of H-pyrrole nitrogens is 1. The fourth-order valence-corrected chi connectivity index (χ4v) is 4.60. The predicted octanol–water partition coefficient (Wildman–Crippen LogP) is 3.30. The number of nitrogens with one attached hydrogen (secondary N) is 1. The zero-order valence-corrected chi connectivity index (χ0v) is 16.9. The molecular formula is C20H21ClN4O2S. The standard InChI is InChI=1S/C20H21ClN4O2S/c21-16-5-2-1-4-15(16)13-18(26)24-9-7-14(8-10-24)12-17-22-23-20(27)25(17)19-6-3-11-28-19/h1-6,11,14H,7-10,12-13H2,(H,23,27). The number of hydrogen-bond acceptors (Lipinski definition) is 4. The van der Waals surface area contributed by atoms with Gasteiger partial charge in [-0.2, -0.15) is 5.10 Å². The molecule has 28 heavy (non-hydrogen) atoms. The number of carbonyl (C=O) groups excluding carboxylic acids is 1. The number of aromatic nitrogens is 3. The van der Waals surface area contributed by atoms with Gasteiger partial charge in [-0.15, -0.1) is 11.3 Å². The van der Waals surface area contributed by atoms with Gasteiger partial charge in [0.25, 0.3) is 0 Å². The van der Waals surface area contributed by atoms with E-state index < -0.39 is 0 Å². The van der Waals surface area contributed by atoms with Crippen molar-refractivity contribution in [3.8, 4) is 5.00 Å². The summed E-state index contributed by atoms with van der Waals surface area (Å²) < 4.78 is 1.65. The molecule has 0 radical (unpaired) electrons. The Morgan fingerprint density at radius 1 is 1.21 bits per heavy atom. The molecule has 1 N–H and O–H groups in total. The molecule has 0 atom stereocenters. The molecule has 6 nitrogen and oxygen atoms in total. The molecule has 3 aromatic rings. The summed E-state index contributed by atoms with van der Waals surface area (Å²) in [5.74, 6) is 1.27. The van der Waals surface area contributed by atoms with E-state index in [-0.39, 0.29) is 11.6 Å². The second kappa shape index (κ2) is 8.32. The van der Waals surface area contributed by atoms with Gasteiger partial charge in [-0.25, -0.2) is 14.5 Å². The van der Waals surface area contributed by atoms with Gasteiger partial charge in [-0.1, -0.05) is 29.8 Å². The lowest BCUT2D eigenvalue weighted by Gasteiger charge is -2.32. The average Bonchev–Trinajstić information content (AvgIpc) is 3.34. The molecule has 8 heteroatoms. The first-order chi connectivity index (χ1) is 13.6. The molecule has 1 fully saturated rings. The summed E-state index contributed by atoms with van der Waals surface area (Å²) in [5, 5.41) is 10.2. The Morgan fingerprint density at radius 3 is 2.71 bits per heavy atom. The van der Waals surface area contributed by atoms with E-state index in [0.717, 1.165) is 48.7 Å². The number of amides is 1. The number of nitrogens with zero attached hydrogens (tertiary/aromatic N) is 3. The van der Waals surface area contributed by atoms with Crippen molar-refractivity contribution >= 4 is 28.8 Å². The molecule has 1 aliphatic rings. The maximum Gasteiger partial charge on any atom is 0.348 e. The Labute approximate surface area is 171 Å². The smallest absolute Gasteiger partial charge is 0.342 e. The second-order valence-electron chi connectivity index (χ2n) is 7.03. The highest BCUT2D eigenvalue weighted by Gasteiger charge is 2.25. The maximum absolute atomic E-state index is 12.6. The Balaban J connectivity index is 1.36. The van der Waals surface area contributed by atoms with Gasteiger partial charge >= 0.3 is 5.69 Å². The van der Waals surface area contributed by atoms with Gasteiger partial charge in [0.15, 0.2) is 0 Å². The van der Waals surface area contributed by atoms with Crippen LogP contribution in [0.25, 0.3) is 5.00 Å². The highest BCUT2D eigenvalue weighted by Crippen LogP contribution is 2.24. The van der Waals surface area contributed by atoms with E-state index in [9.17, 15) is 9.59 Å². The second-order valence-corrected chi connectivity index (χ2v) is 8.36. The first kappa shape index (κ1) is 19.0. The zero-order chi connectivity index (χ0) is 19.5. The summed E-state index contributed by atoms with van der Waals surface area (Å²) in [5.41, 5.74) is 0.664. The first-order valence-corrected chi connectivity index (χ1v) is 10.6. The highest BCUT2D eigenvalue weighted by atomic mass is 35.5. The van der Waals surface area contributed by atoms with Crippen LogP contribution in [0.5, 0.6) is 0 Å². The normalized spacial score (nSPS) is 15.1. The third kappa shape index (κ3) is 4.05. The van der Waals surface area contributed by atoms with Crippen molar-refractivity contribution in [3.63, 3.8) is 0 Å². The quantitative estimate of drug-likeness (QED) is 0.693. The monoisotopic (exact) mass is 416 g/mol. The van der Waals surface area contributed by atoms with Crippen LogP contribution < -0.4 is 5.69 Å². The van der Waals surface area contributed by atoms with Crippen LogP contribution in [0.1, 0.15) is 24.2 Å². The molecule has 0 unspecified atom stereocenters. The van der Waals surface area contributed by atoms with E-state index in [1.807, 2.05) is 46.7 Å². The Morgan fingerprint density at radius 2 is 2.00 bits per heavy atom. The molecule has 0 spiro atoms. The van der Waals surface area contributed by atoms with Crippen molar-refractivity contribution in [1.29, 1.82) is 0 Å². The van der Waals surface area contributed by atoms with Crippen molar-refractivity contribution in [1.82, 2.24) is 19.7 Å². The lowest BCUT2D eigenvalue weighted by Crippen LogP contribution is -2.40. The van der Waals surface area contributed by atoms with Crippen molar-refractivity contribution in [2.45, 2.75) is 25.7 Å². The Hall–Kier alpha value is -2.38. The topological polar surface area (TPSA) is 71.0 Å². The van der Waals surface area contributed by atoms with E-state index in [2.05, 4.69) is 10.2 Å². The van der Waals surface area contributed by atoms with E-state index in [1.165, 1.54) is 11.3 Å². The van der Waals surface area contributed by atoms with Crippen LogP contribution in [-0.4, -0.2) is 38.7 Å². The van der Waals surface area contributed by atoms with Gasteiger partial charge in [-0.05, 0) is 47.9 Å². The van der Waals surface area contributed by atoms with Crippen molar-refractivity contribution < 1.29 is 4.79 Å². The molecule has 0 aliphatic carbocycles. The molecule has 2 aromatic heterocycles. The molecule has 0 saturated carbocycles. The predicted molar refractivity (Wildman–Crippen MR) is 110 cm³/mol. The van der Waals surface area contributed by atoms with Crippen LogP contribution in [0.2, 0.25) is 5.02 Å². The third-order valence-corrected chi connectivity index (χ3v) is 6.43. The van der Waals surface area contributed by atoms with Gasteiger partial charge < -0.3 is 4.90 Å². The van der Waals surface area contributed by atoms with Crippen LogP contribution in [0.4, 0.5) is 0 Å². The maximum atomic E-state index is 12.6. The summed E-state index contributed by atoms with van der Waals surface area (Å²) >= 11 is 7.69. The summed E-state index contributed by atoms with van der Waals surface area (Å²) in [6, 6.07) is 11.3. The first-order valence-electron chi connectivity index (χ1n) is 9.33. The number of carbonyl (C=O) groups is 1. The minimum absolute atomic E-state index is 0.113. The molecule has 146 valence electrons.